The molecule has 1 saturated heterocycles. The Labute approximate surface area is 117 Å². The number of nitrogens with one attached hydrogen (secondary N) is 1. The van der Waals surface area contributed by atoms with Gasteiger partial charge in [0.05, 0.1) is 6.10 Å². The molecular weight excluding hydrogens is 242 g/mol. The lowest BCUT2D eigenvalue weighted by Gasteiger charge is -2.55. The molecule has 0 aromatic heterocycles. The van der Waals surface area contributed by atoms with Gasteiger partial charge in [-0.2, -0.15) is 11.8 Å². The van der Waals surface area contributed by atoms with Crippen LogP contribution >= 0.6 is 11.8 Å². The zero-order valence-electron chi connectivity index (χ0n) is 12.2. The maximum absolute atomic E-state index is 5.83. The van der Waals surface area contributed by atoms with E-state index in [-0.39, 0.29) is 0 Å². The minimum absolute atomic E-state index is 0.347. The molecule has 1 heterocycles. The highest BCUT2D eigenvalue weighted by Crippen LogP contribution is 2.51. The molecule has 1 N–H and O–H groups in total. The summed E-state index contributed by atoms with van der Waals surface area (Å²) in [5, 5.41) is 3.79. The Morgan fingerprint density at radius 2 is 2.00 bits per heavy atom. The third kappa shape index (κ3) is 3.05. The molecule has 0 aromatic carbocycles. The van der Waals surface area contributed by atoms with Crippen LogP contribution in [0.4, 0.5) is 0 Å². The largest absolute Gasteiger partial charge is 0.377 e. The van der Waals surface area contributed by atoms with Gasteiger partial charge >= 0.3 is 0 Å². The molecule has 0 bridgehead atoms. The van der Waals surface area contributed by atoms with Crippen molar-refractivity contribution in [1.82, 2.24) is 5.32 Å². The number of rotatable bonds is 8. The van der Waals surface area contributed by atoms with E-state index in [2.05, 4.69) is 25.4 Å². The minimum Gasteiger partial charge on any atom is -0.377 e. The molecule has 0 radical (unpaired) electrons. The molecule has 0 amide bonds. The fourth-order valence-electron chi connectivity index (χ4n) is 3.72. The number of ether oxygens (including phenoxy) is 1. The molecule has 2 aliphatic rings. The maximum atomic E-state index is 5.83. The average molecular weight is 271 g/mol. The van der Waals surface area contributed by atoms with Gasteiger partial charge in [0.25, 0.3) is 0 Å². The molecule has 0 spiro atoms. The summed E-state index contributed by atoms with van der Waals surface area (Å²) in [4.78, 5) is 0. The molecule has 3 atom stereocenters. The lowest BCUT2D eigenvalue weighted by molar-refractivity contribution is -0.112. The Bertz CT molecular complexity index is 257. The minimum atomic E-state index is 0.347. The van der Waals surface area contributed by atoms with Crippen LogP contribution < -0.4 is 5.32 Å². The van der Waals surface area contributed by atoms with E-state index in [1.807, 2.05) is 11.8 Å². The molecule has 3 unspecified atom stereocenters. The van der Waals surface area contributed by atoms with Crippen molar-refractivity contribution >= 4 is 11.8 Å². The van der Waals surface area contributed by atoms with Gasteiger partial charge < -0.3 is 10.1 Å². The third-order valence-electron chi connectivity index (χ3n) is 4.74. The summed E-state index contributed by atoms with van der Waals surface area (Å²) in [5.74, 6) is 2.11. The first-order valence-electron chi connectivity index (χ1n) is 7.52. The standard InChI is InChI=1S/C15H29NOS/c1-15(2)13(12-8-10-17-14(12)15)16-9-6-4-5-7-11-18-3/h12-14,16H,4-11H2,1-3H3. The highest BCUT2D eigenvalue weighted by atomic mass is 32.2. The molecule has 2 nitrogen and oxygen atoms in total. The SMILES string of the molecule is CSCCCCCCNC1C2CCOC2C1(C)C. The van der Waals surface area contributed by atoms with E-state index in [4.69, 9.17) is 4.74 Å². The summed E-state index contributed by atoms with van der Waals surface area (Å²) in [5.41, 5.74) is 0.347. The van der Waals surface area contributed by atoms with Crippen LogP contribution in [0.2, 0.25) is 0 Å². The van der Waals surface area contributed by atoms with E-state index >= 15 is 0 Å². The van der Waals surface area contributed by atoms with Crippen molar-refractivity contribution < 1.29 is 4.74 Å². The first kappa shape index (κ1) is 14.7. The molecule has 1 saturated carbocycles. The van der Waals surface area contributed by atoms with E-state index in [9.17, 15) is 0 Å². The van der Waals surface area contributed by atoms with Gasteiger partial charge in [-0.3, -0.25) is 0 Å². The number of fused-ring (bicyclic) bond motifs is 1. The molecule has 1 aliphatic heterocycles. The molecule has 2 rings (SSSR count). The van der Waals surface area contributed by atoms with Gasteiger partial charge in [-0.05, 0) is 37.8 Å². The molecule has 3 heteroatoms. The Balaban J connectivity index is 1.57. The lowest BCUT2D eigenvalue weighted by atomic mass is 9.57. The molecule has 106 valence electrons. The number of hydrogen-bond donors (Lipinski definition) is 1. The van der Waals surface area contributed by atoms with Crippen LogP contribution in [0.15, 0.2) is 0 Å². The Morgan fingerprint density at radius 1 is 1.22 bits per heavy atom. The summed E-state index contributed by atoms with van der Waals surface area (Å²) in [7, 11) is 0. The normalized spacial score (nSPS) is 33.2. The predicted molar refractivity (Wildman–Crippen MR) is 80.3 cm³/mol. The van der Waals surface area contributed by atoms with Crippen molar-refractivity contribution in [1.29, 1.82) is 0 Å². The average Bonchev–Trinajstić information content (AvgIpc) is 2.79. The van der Waals surface area contributed by atoms with Crippen LogP contribution in [-0.4, -0.2) is 37.3 Å². The van der Waals surface area contributed by atoms with Gasteiger partial charge in [0.1, 0.15) is 0 Å². The van der Waals surface area contributed by atoms with Gasteiger partial charge in [-0.25, -0.2) is 0 Å². The summed E-state index contributed by atoms with van der Waals surface area (Å²) >= 11 is 1.96. The van der Waals surface area contributed by atoms with E-state index in [1.165, 1.54) is 44.4 Å². The highest BCUT2D eigenvalue weighted by molar-refractivity contribution is 7.98. The van der Waals surface area contributed by atoms with Crippen molar-refractivity contribution in [3.05, 3.63) is 0 Å². The summed E-state index contributed by atoms with van der Waals surface area (Å²) < 4.78 is 5.83. The van der Waals surface area contributed by atoms with Crippen LogP contribution in [0.25, 0.3) is 0 Å². The van der Waals surface area contributed by atoms with E-state index in [0.717, 1.165) is 12.5 Å². The second kappa shape index (κ2) is 6.62. The predicted octanol–water partition coefficient (Wildman–Crippen LogP) is 3.31. The number of thioether (sulfide) groups is 1. The van der Waals surface area contributed by atoms with Crippen molar-refractivity contribution in [2.75, 3.05) is 25.2 Å². The highest BCUT2D eigenvalue weighted by Gasteiger charge is 2.58. The summed E-state index contributed by atoms with van der Waals surface area (Å²) in [6.07, 6.45) is 9.47. The zero-order chi connectivity index (χ0) is 13.0. The lowest BCUT2D eigenvalue weighted by Crippen LogP contribution is -2.65. The Morgan fingerprint density at radius 3 is 2.78 bits per heavy atom. The van der Waals surface area contributed by atoms with Crippen molar-refractivity contribution in [2.24, 2.45) is 11.3 Å². The molecular formula is C15H29NOS. The van der Waals surface area contributed by atoms with Crippen LogP contribution in [0, 0.1) is 11.3 Å². The second-order valence-electron chi connectivity index (χ2n) is 6.40. The number of unbranched alkanes of at least 4 members (excludes halogenated alkanes) is 3. The third-order valence-corrected chi connectivity index (χ3v) is 5.44. The van der Waals surface area contributed by atoms with Crippen molar-refractivity contribution in [3.63, 3.8) is 0 Å². The van der Waals surface area contributed by atoms with Gasteiger partial charge in [-0.1, -0.05) is 26.7 Å². The van der Waals surface area contributed by atoms with E-state index < -0.39 is 0 Å². The van der Waals surface area contributed by atoms with Gasteiger partial charge in [-0.15, -0.1) is 0 Å². The second-order valence-corrected chi connectivity index (χ2v) is 7.39. The first-order valence-corrected chi connectivity index (χ1v) is 8.91. The monoisotopic (exact) mass is 271 g/mol. The van der Waals surface area contributed by atoms with Crippen LogP contribution in [0.3, 0.4) is 0 Å². The van der Waals surface area contributed by atoms with Crippen LogP contribution in [0.5, 0.6) is 0 Å². The fraction of sp³-hybridized carbons (Fsp3) is 1.00. The smallest absolute Gasteiger partial charge is 0.0685 e. The quantitative estimate of drug-likeness (QED) is 0.684. The summed E-state index contributed by atoms with van der Waals surface area (Å²) in [6, 6.07) is 0.691. The zero-order valence-corrected chi connectivity index (χ0v) is 13.0. The van der Waals surface area contributed by atoms with Gasteiger partial charge in [0.15, 0.2) is 0 Å². The number of hydrogen-bond acceptors (Lipinski definition) is 3. The first-order chi connectivity index (χ1) is 8.68. The van der Waals surface area contributed by atoms with E-state index in [0.29, 0.717) is 17.6 Å². The van der Waals surface area contributed by atoms with Crippen LogP contribution in [-0.2, 0) is 4.74 Å². The van der Waals surface area contributed by atoms with Gasteiger partial charge in [0.2, 0.25) is 0 Å². The Hall–Kier alpha value is 0.270. The topological polar surface area (TPSA) is 21.3 Å². The van der Waals surface area contributed by atoms with Gasteiger partial charge in [0, 0.05) is 24.0 Å². The Kier molecular flexibility index (Phi) is 5.40. The molecule has 0 aromatic rings. The summed E-state index contributed by atoms with van der Waals surface area (Å²) in [6.45, 7) is 6.88. The molecule has 2 fully saturated rings. The molecule has 18 heavy (non-hydrogen) atoms. The van der Waals surface area contributed by atoms with Crippen molar-refractivity contribution in [2.45, 2.75) is 58.1 Å². The van der Waals surface area contributed by atoms with Crippen molar-refractivity contribution in [3.8, 4) is 0 Å². The van der Waals surface area contributed by atoms with E-state index in [1.54, 1.807) is 0 Å². The fourth-order valence-corrected chi connectivity index (χ4v) is 4.21. The maximum Gasteiger partial charge on any atom is 0.0685 e. The van der Waals surface area contributed by atoms with Crippen LogP contribution in [0.1, 0.15) is 46.0 Å². The molecule has 1 aliphatic carbocycles.